The molecule has 0 spiro atoms. The molecule has 1 N–H and O–H groups in total. The van der Waals surface area contributed by atoms with Crippen molar-refractivity contribution < 1.29 is 4.79 Å². The minimum absolute atomic E-state index is 0.199. The van der Waals surface area contributed by atoms with Crippen LogP contribution >= 0.6 is 0 Å². The van der Waals surface area contributed by atoms with Gasteiger partial charge in [0.05, 0.1) is 0 Å². The maximum atomic E-state index is 12.6. The van der Waals surface area contributed by atoms with E-state index >= 15 is 0 Å². The number of fused-ring (bicyclic) bond motifs is 1. The Hall–Kier alpha value is -1.55. The number of amides is 1. The Kier molecular flexibility index (Phi) is 6.00. The van der Waals surface area contributed by atoms with E-state index in [-0.39, 0.29) is 11.8 Å². The maximum Gasteiger partial charge on any atom is 0.223 e. The number of carbonyl (C=O) groups excluding carboxylic acids is 1. The number of para-hydroxylation sites is 1. The quantitative estimate of drug-likeness (QED) is 0.892. The van der Waals surface area contributed by atoms with Crippen molar-refractivity contribution in [2.45, 2.75) is 39.0 Å². The van der Waals surface area contributed by atoms with Crippen LogP contribution in [-0.4, -0.2) is 50.6 Å². The highest BCUT2D eigenvalue weighted by molar-refractivity contribution is 5.78. The first-order valence-electron chi connectivity index (χ1n) is 9.84. The lowest BCUT2D eigenvalue weighted by Crippen LogP contribution is -2.43. The molecular weight excluding hydrogens is 310 g/mol. The van der Waals surface area contributed by atoms with E-state index in [2.05, 4.69) is 60.3 Å². The molecule has 0 saturated carbocycles. The summed E-state index contributed by atoms with van der Waals surface area (Å²) >= 11 is 0. The lowest BCUT2D eigenvalue weighted by molar-refractivity contribution is -0.126. The third-order valence-corrected chi connectivity index (χ3v) is 5.71. The SMILES string of the molecule is CC(C)CN1CCC(C(=O)NCC2CCN(C)c3ccccc32)CC1. The van der Waals surface area contributed by atoms with Crippen LogP contribution in [0, 0.1) is 11.8 Å². The number of hydrogen-bond donors (Lipinski definition) is 1. The minimum atomic E-state index is 0.199. The van der Waals surface area contributed by atoms with Crippen LogP contribution in [0.1, 0.15) is 44.6 Å². The molecule has 1 saturated heterocycles. The first kappa shape index (κ1) is 18.2. The number of carbonyl (C=O) groups is 1. The molecule has 1 atom stereocenters. The largest absolute Gasteiger partial charge is 0.374 e. The van der Waals surface area contributed by atoms with Gasteiger partial charge in [-0.25, -0.2) is 0 Å². The Morgan fingerprint density at radius 1 is 1.16 bits per heavy atom. The lowest BCUT2D eigenvalue weighted by atomic mass is 9.89. The van der Waals surface area contributed by atoms with Crippen molar-refractivity contribution in [3.8, 4) is 0 Å². The van der Waals surface area contributed by atoms with E-state index in [1.54, 1.807) is 0 Å². The number of anilines is 1. The number of rotatable bonds is 5. The fourth-order valence-corrected chi connectivity index (χ4v) is 4.28. The van der Waals surface area contributed by atoms with Gasteiger partial charge in [-0.1, -0.05) is 32.0 Å². The number of hydrogen-bond acceptors (Lipinski definition) is 3. The molecule has 1 fully saturated rings. The van der Waals surface area contributed by atoms with Gasteiger partial charge in [0.2, 0.25) is 5.91 Å². The molecular formula is C21H33N3O. The summed E-state index contributed by atoms with van der Waals surface area (Å²) in [7, 11) is 2.15. The second kappa shape index (κ2) is 8.22. The smallest absolute Gasteiger partial charge is 0.223 e. The summed E-state index contributed by atoms with van der Waals surface area (Å²) < 4.78 is 0. The van der Waals surface area contributed by atoms with E-state index in [0.717, 1.165) is 52.0 Å². The molecule has 0 radical (unpaired) electrons. The first-order chi connectivity index (χ1) is 12.0. The van der Waals surface area contributed by atoms with Crippen molar-refractivity contribution in [3.05, 3.63) is 29.8 Å². The first-order valence-corrected chi connectivity index (χ1v) is 9.84. The van der Waals surface area contributed by atoms with Crippen LogP contribution in [0.4, 0.5) is 5.69 Å². The Morgan fingerprint density at radius 2 is 1.88 bits per heavy atom. The summed E-state index contributed by atoms with van der Waals surface area (Å²) in [5, 5.41) is 3.26. The summed E-state index contributed by atoms with van der Waals surface area (Å²) in [6.07, 6.45) is 3.12. The monoisotopic (exact) mass is 343 g/mol. The van der Waals surface area contributed by atoms with Gasteiger partial charge in [0, 0.05) is 44.2 Å². The zero-order chi connectivity index (χ0) is 17.8. The van der Waals surface area contributed by atoms with Crippen molar-refractivity contribution in [2.75, 3.05) is 44.7 Å². The van der Waals surface area contributed by atoms with Gasteiger partial charge in [-0.2, -0.15) is 0 Å². The number of benzene rings is 1. The highest BCUT2D eigenvalue weighted by Crippen LogP contribution is 2.33. The zero-order valence-corrected chi connectivity index (χ0v) is 16.0. The van der Waals surface area contributed by atoms with E-state index in [1.807, 2.05) is 0 Å². The highest BCUT2D eigenvalue weighted by atomic mass is 16.1. The second-order valence-electron chi connectivity index (χ2n) is 8.18. The number of piperidine rings is 1. The molecule has 3 rings (SSSR count). The summed E-state index contributed by atoms with van der Waals surface area (Å²) in [5.41, 5.74) is 2.69. The van der Waals surface area contributed by atoms with Gasteiger partial charge in [0.25, 0.3) is 0 Å². The fourth-order valence-electron chi connectivity index (χ4n) is 4.28. The van der Waals surface area contributed by atoms with Gasteiger partial charge < -0.3 is 15.1 Å². The number of nitrogens with zero attached hydrogens (tertiary/aromatic N) is 2. The number of likely N-dealkylation sites (tertiary alicyclic amines) is 1. The van der Waals surface area contributed by atoms with Gasteiger partial charge >= 0.3 is 0 Å². The Morgan fingerprint density at radius 3 is 2.60 bits per heavy atom. The van der Waals surface area contributed by atoms with Crippen molar-refractivity contribution >= 4 is 11.6 Å². The average Bonchev–Trinajstić information content (AvgIpc) is 2.61. The Labute approximate surface area is 152 Å². The summed E-state index contributed by atoms with van der Waals surface area (Å²) in [6, 6.07) is 8.61. The summed E-state index contributed by atoms with van der Waals surface area (Å²) in [5.74, 6) is 1.61. The Balaban J connectivity index is 1.50. The minimum Gasteiger partial charge on any atom is -0.374 e. The molecule has 0 bridgehead atoms. The standard InChI is InChI=1S/C21H33N3O/c1-16(2)15-24-12-9-17(10-13-24)21(25)22-14-18-8-11-23(3)20-7-5-4-6-19(18)20/h4-7,16-18H,8-15H2,1-3H3,(H,22,25). The van der Waals surface area contributed by atoms with Crippen molar-refractivity contribution in [3.63, 3.8) is 0 Å². The summed E-state index contributed by atoms with van der Waals surface area (Å²) in [6.45, 7) is 9.64. The molecule has 1 aromatic rings. The predicted octanol–water partition coefficient (Wildman–Crippen LogP) is 3.09. The van der Waals surface area contributed by atoms with Gasteiger partial charge in [-0.05, 0) is 49.9 Å². The second-order valence-corrected chi connectivity index (χ2v) is 8.18. The van der Waals surface area contributed by atoms with Crippen molar-refractivity contribution in [1.29, 1.82) is 0 Å². The third-order valence-electron chi connectivity index (χ3n) is 5.71. The van der Waals surface area contributed by atoms with Crippen LogP contribution in [0.2, 0.25) is 0 Å². The average molecular weight is 344 g/mol. The molecule has 138 valence electrons. The molecule has 25 heavy (non-hydrogen) atoms. The normalized spacial score (nSPS) is 22.1. The van der Waals surface area contributed by atoms with E-state index in [4.69, 9.17) is 0 Å². The molecule has 1 amide bonds. The van der Waals surface area contributed by atoms with Crippen LogP contribution in [0.3, 0.4) is 0 Å². The molecule has 0 aliphatic carbocycles. The topological polar surface area (TPSA) is 35.6 Å². The molecule has 1 aromatic carbocycles. The van der Waals surface area contributed by atoms with Gasteiger partial charge in [0.15, 0.2) is 0 Å². The highest BCUT2D eigenvalue weighted by Gasteiger charge is 2.27. The van der Waals surface area contributed by atoms with Gasteiger partial charge in [0.1, 0.15) is 0 Å². The van der Waals surface area contributed by atoms with Crippen LogP contribution < -0.4 is 10.2 Å². The van der Waals surface area contributed by atoms with Gasteiger partial charge in [-0.3, -0.25) is 4.79 Å². The molecule has 4 heteroatoms. The van der Waals surface area contributed by atoms with Crippen LogP contribution in [0.5, 0.6) is 0 Å². The van der Waals surface area contributed by atoms with E-state index in [0.29, 0.717) is 11.8 Å². The predicted molar refractivity (Wildman–Crippen MR) is 104 cm³/mol. The van der Waals surface area contributed by atoms with Crippen LogP contribution in [0.25, 0.3) is 0 Å². The molecule has 1 unspecified atom stereocenters. The van der Waals surface area contributed by atoms with Crippen LogP contribution in [-0.2, 0) is 4.79 Å². The van der Waals surface area contributed by atoms with Gasteiger partial charge in [-0.15, -0.1) is 0 Å². The molecule has 4 nitrogen and oxygen atoms in total. The third kappa shape index (κ3) is 4.55. The molecule has 2 heterocycles. The summed E-state index contributed by atoms with van der Waals surface area (Å²) in [4.78, 5) is 17.4. The van der Waals surface area contributed by atoms with Crippen molar-refractivity contribution in [2.24, 2.45) is 11.8 Å². The lowest BCUT2D eigenvalue weighted by Gasteiger charge is -2.34. The van der Waals surface area contributed by atoms with Crippen LogP contribution in [0.15, 0.2) is 24.3 Å². The Bertz CT molecular complexity index is 578. The van der Waals surface area contributed by atoms with E-state index in [1.165, 1.54) is 11.3 Å². The van der Waals surface area contributed by atoms with E-state index < -0.39 is 0 Å². The van der Waals surface area contributed by atoms with E-state index in [9.17, 15) is 4.79 Å². The number of nitrogens with one attached hydrogen (secondary N) is 1. The van der Waals surface area contributed by atoms with Crippen molar-refractivity contribution in [1.82, 2.24) is 10.2 Å². The fraction of sp³-hybridized carbons (Fsp3) is 0.667. The molecule has 2 aliphatic rings. The molecule has 0 aromatic heterocycles. The maximum absolute atomic E-state index is 12.6. The zero-order valence-electron chi connectivity index (χ0n) is 16.0. The molecule has 2 aliphatic heterocycles.